The molecule has 2 aliphatic rings. The van der Waals surface area contributed by atoms with E-state index in [0.717, 1.165) is 25.3 Å². The Balaban J connectivity index is 1.55. The molecule has 1 atom stereocenters. The smallest absolute Gasteiger partial charge is 0.239 e. The molecule has 1 saturated carbocycles. The summed E-state index contributed by atoms with van der Waals surface area (Å²) in [7, 11) is 0. The average molecular weight is 276 g/mol. The Morgan fingerprint density at radius 2 is 2.15 bits per heavy atom. The first-order valence-electron chi connectivity index (χ1n) is 7.78. The molecule has 0 saturated heterocycles. The van der Waals surface area contributed by atoms with Crippen molar-refractivity contribution in [3.05, 3.63) is 18.2 Å². The SMILES string of the molecule is NC(CC1CCCCC1)C(=O)N1CCn2ccnc2C1. The minimum atomic E-state index is -0.334. The summed E-state index contributed by atoms with van der Waals surface area (Å²) >= 11 is 0. The molecule has 20 heavy (non-hydrogen) atoms. The van der Waals surface area contributed by atoms with Gasteiger partial charge < -0.3 is 15.2 Å². The van der Waals surface area contributed by atoms with Gasteiger partial charge in [0.1, 0.15) is 5.82 Å². The highest BCUT2D eigenvalue weighted by molar-refractivity contribution is 5.81. The summed E-state index contributed by atoms with van der Waals surface area (Å²) in [5, 5.41) is 0. The molecule has 2 N–H and O–H groups in total. The minimum Gasteiger partial charge on any atom is -0.332 e. The summed E-state index contributed by atoms with van der Waals surface area (Å²) in [6.45, 7) is 2.18. The van der Waals surface area contributed by atoms with Crippen molar-refractivity contribution in [3.8, 4) is 0 Å². The van der Waals surface area contributed by atoms with Crippen LogP contribution in [-0.4, -0.2) is 32.9 Å². The van der Waals surface area contributed by atoms with E-state index in [1.165, 1.54) is 32.1 Å². The predicted octanol–water partition coefficient (Wildman–Crippen LogP) is 1.52. The van der Waals surface area contributed by atoms with E-state index in [-0.39, 0.29) is 11.9 Å². The molecule has 0 aromatic carbocycles. The first kappa shape index (κ1) is 13.6. The lowest BCUT2D eigenvalue weighted by Crippen LogP contribution is -2.47. The van der Waals surface area contributed by atoms with Crippen molar-refractivity contribution in [1.82, 2.24) is 14.5 Å². The Labute approximate surface area is 120 Å². The van der Waals surface area contributed by atoms with Crippen molar-refractivity contribution in [2.75, 3.05) is 6.54 Å². The predicted molar refractivity (Wildman–Crippen MR) is 76.8 cm³/mol. The van der Waals surface area contributed by atoms with Crippen LogP contribution in [0.1, 0.15) is 44.3 Å². The average Bonchev–Trinajstić information content (AvgIpc) is 2.94. The molecule has 3 rings (SSSR count). The summed E-state index contributed by atoms with van der Waals surface area (Å²) in [5.41, 5.74) is 6.16. The summed E-state index contributed by atoms with van der Waals surface area (Å²) in [4.78, 5) is 18.6. The topological polar surface area (TPSA) is 64.2 Å². The fourth-order valence-electron chi connectivity index (χ4n) is 3.48. The summed E-state index contributed by atoms with van der Waals surface area (Å²) in [6.07, 6.45) is 11.0. The summed E-state index contributed by atoms with van der Waals surface area (Å²) < 4.78 is 2.11. The lowest BCUT2D eigenvalue weighted by molar-refractivity contribution is -0.134. The van der Waals surface area contributed by atoms with Crippen LogP contribution < -0.4 is 5.73 Å². The van der Waals surface area contributed by atoms with Gasteiger partial charge in [0.05, 0.1) is 12.6 Å². The molecule has 1 aromatic rings. The lowest BCUT2D eigenvalue weighted by Gasteiger charge is -2.31. The van der Waals surface area contributed by atoms with Crippen LogP contribution in [0, 0.1) is 5.92 Å². The van der Waals surface area contributed by atoms with E-state index in [9.17, 15) is 4.79 Å². The van der Waals surface area contributed by atoms with E-state index in [2.05, 4.69) is 9.55 Å². The Morgan fingerprint density at radius 3 is 2.95 bits per heavy atom. The molecule has 5 nitrogen and oxygen atoms in total. The third-order valence-corrected chi connectivity index (χ3v) is 4.69. The molecule has 5 heteroatoms. The van der Waals surface area contributed by atoms with Crippen molar-refractivity contribution in [1.29, 1.82) is 0 Å². The van der Waals surface area contributed by atoms with Crippen molar-refractivity contribution in [2.24, 2.45) is 11.7 Å². The number of aromatic nitrogens is 2. The van der Waals surface area contributed by atoms with Crippen molar-refractivity contribution in [3.63, 3.8) is 0 Å². The van der Waals surface area contributed by atoms with E-state index < -0.39 is 0 Å². The maximum Gasteiger partial charge on any atom is 0.239 e. The van der Waals surface area contributed by atoms with Crippen LogP contribution in [0.3, 0.4) is 0 Å². The minimum absolute atomic E-state index is 0.102. The molecule has 1 unspecified atom stereocenters. The number of hydrogen-bond acceptors (Lipinski definition) is 3. The van der Waals surface area contributed by atoms with Crippen LogP contribution in [0.25, 0.3) is 0 Å². The van der Waals surface area contributed by atoms with Crippen LogP contribution in [-0.2, 0) is 17.9 Å². The Kier molecular flexibility index (Phi) is 4.05. The molecule has 0 bridgehead atoms. The van der Waals surface area contributed by atoms with Gasteiger partial charge in [-0.3, -0.25) is 4.79 Å². The van der Waals surface area contributed by atoms with Gasteiger partial charge in [-0.2, -0.15) is 0 Å². The first-order valence-corrected chi connectivity index (χ1v) is 7.78. The molecule has 1 aliphatic heterocycles. The Bertz CT molecular complexity index is 464. The number of hydrogen-bond donors (Lipinski definition) is 1. The third-order valence-electron chi connectivity index (χ3n) is 4.69. The van der Waals surface area contributed by atoms with Crippen LogP contribution in [0.5, 0.6) is 0 Å². The van der Waals surface area contributed by atoms with E-state index in [1.807, 2.05) is 11.1 Å². The zero-order valence-corrected chi connectivity index (χ0v) is 12.0. The highest BCUT2D eigenvalue weighted by Crippen LogP contribution is 2.27. The molecular formula is C15H24N4O. The lowest BCUT2D eigenvalue weighted by atomic mass is 9.85. The van der Waals surface area contributed by atoms with E-state index >= 15 is 0 Å². The van der Waals surface area contributed by atoms with E-state index in [4.69, 9.17) is 5.73 Å². The van der Waals surface area contributed by atoms with Crippen LogP contribution in [0.2, 0.25) is 0 Å². The quantitative estimate of drug-likeness (QED) is 0.910. The molecule has 1 amide bonds. The normalized spacial score (nSPS) is 21.6. The number of carbonyl (C=O) groups excluding carboxylic acids is 1. The monoisotopic (exact) mass is 276 g/mol. The van der Waals surface area contributed by atoms with Gasteiger partial charge in [-0.25, -0.2) is 4.98 Å². The number of fused-ring (bicyclic) bond motifs is 1. The first-order chi connectivity index (χ1) is 9.74. The number of amides is 1. The molecule has 0 radical (unpaired) electrons. The molecule has 1 fully saturated rings. The third kappa shape index (κ3) is 2.87. The highest BCUT2D eigenvalue weighted by atomic mass is 16.2. The maximum atomic E-state index is 12.5. The standard InChI is InChI=1S/C15H24N4O/c16-13(10-12-4-2-1-3-5-12)15(20)19-9-8-18-7-6-17-14(18)11-19/h6-7,12-13H,1-5,8-11,16H2. The number of carbonyl (C=O) groups is 1. The van der Waals surface area contributed by atoms with Crippen LogP contribution in [0.4, 0.5) is 0 Å². The van der Waals surface area contributed by atoms with Gasteiger partial charge in [0, 0.05) is 25.5 Å². The van der Waals surface area contributed by atoms with Gasteiger partial charge in [-0.1, -0.05) is 32.1 Å². The second-order valence-corrected chi connectivity index (χ2v) is 6.14. The fourth-order valence-corrected chi connectivity index (χ4v) is 3.48. The van der Waals surface area contributed by atoms with Gasteiger partial charge in [-0.05, 0) is 12.3 Å². The number of nitrogens with zero attached hydrogens (tertiary/aromatic N) is 3. The van der Waals surface area contributed by atoms with Crippen molar-refractivity contribution in [2.45, 2.75) is 57.7 Å². The van der Waals surface area contributed by atoms with Gasteiger partial charge in [-0.15, -0.1) is 0 Å². The number of imidazole rings is 1. The zero-order valence-electron chi connectivity index (χ0n) is 12.0. The van der Waals surface area contributed by atoms with E-state index in [1.54, 1.807) is 6.20 Å². The van der Waals surface area contributed by atoms with Gasteiger partial charge in [0.15, 0.2) is 0 Å². The Hall–Kier alpha value is -1.36. The molecule has 1 aliphatic carbocycles. The van der Waals surface area contributed by atoms with Gasteiger partial charge in [0.2, 0.25) is 5.91 Å². The van der Waals surface area contributed by atoms with E-state index in [0.29, 0.717) is 12.5 Å². The molecule has 2 heterocycles. The van der Waals surface area contributed by atoms with Crippen LogP contribution >= 0.6 is 0 Å². The number of rotatable bonds is 3. The highest BCUT2D eigenvalue weighted by Gasteiger charge is 2.27. The molecule has 110 valence electrons. The number of nitrogens with two attached hydrogens (primary N) is 1. The van der Waals surface area contributed by atoms with Crippen molar-refractivity contribution >= 4 is 5.91 Å². The maximum absolute atomic E-state index is 12.5. The van der Waals surface area contributed by atoms with Gasteiger partial charge >= 0.3 is 0 Å². The summed E-state index contributed by atoms with van der Waals surface area (Å²) in [5.74, 6) is 1.72. The van der Waals surface area contributed by atoms with Crippen molar-refractivity contribution < 1.29 is 4.79 Å². The largest absolute Gasteiger partial charge is 0.332 e. The second kappa shape index (κ2) is 5.95. The molecule has 0 spiro atoms. The summed E-state index contributed by atoms with van der Waals surface area (Å²) in [6, 6.07) is -0.334. The fraction of sp³-hybridized carbons (Fsp3) is 0.733. The van der Waals surface area contributed by atoms with Gasteiger partial charge in [0.25, 0.3) is 0 Å². The van der Waals surface area contributed by atoms with Crippen LogP contribution in [0.15, 0.2) is 12.4 Å². The zero-order chi connectivity index (χ0) is 13.9. The Morgan fingerprint density at radius 1 is 1.35 bits per heavy atom. The molecular weight excluding hydrogens is 252 g/mol. The molecule has 1 aromatic heterocycles. The second-order valence-electron chi connectivity index (χ2n) is 6.14.